The van der Waals surface area contributed by atoms with Crippen molar-refractivity contribution in [2.45, 2.75) is 20.3 Å². The van der Waals surface area contributed by atoms with Crippen molar-refractivity contribution in [3.63, 3.8) is 0 Å². The monoisotopic (exact) mass is 347 g/mol. The van der Waals surface area contributed by atoms with E-state index in [1.807, 2.05) is 6.92 Å². The Morgan fingerprint density at radius 3 is 2.16 bits per heavy atom. The first-order valence-corrected chi connectivity index (χ1v) is 7.69. The summed E-state index contributed by atoms with van der Waals surface area (Å²) in [6.45, 7) is 3.21. The molecule has 0 saturated heterocycles. The molecule has 1 aromatic carbocycles. The van der Waals surface area contributed by atoms with Crippen LogP contribution in [-0.4, -0.2) is 43.2 Å². The van der Waals surface area contributed by atoms with E-state index < -0.39 is 5.97 Å². The Balaban J connectivity index is 2.91. The molecule has 0 spiro atoms. The van der Waals surface area contributed by atoms with Crippen LogP contribution in [0.5, 0.6) is 17.2 Å². The van der Waals surface area contributed by atoms with Crippen LogP contribution in [0, 0.1) is 0 Å². The van der Waals surface area contributed by atoms with Gasteiger partial charge in [-0.3, -0.25) is 4.79 Å². The number of carbonyl (C=O) groups is 2. The van der Waals surface area contributed by atoms with E-state index in [4.69, 9.17) is 14.2 Å². The minimum Gasteiger partial charge on any atom is -0.493 e. The predicted molar refractivity (Wildman–Crippen MR) is 92.2 cm³/mol. The fraction of sp³-hybridized carbons (Fsp3) is 0.333. The molecule has 134 valence electrons. The van der Waals surface area contributed by atoms with Crippen molar-refractivity contribution >= 4 is 11.8 Å². The van der Waals surface area contributed by atoms with Crippen molar-refractivity contribution < 1.29 is 28.9 Å². The maximum Gasteiger partial charge on any atom is 0.353 e. The molecule has 2 rings (SSSR count). The molecular weight excluding hydrogens is 326 g/mol. The first-order chi connectivity index (χ1) is 11.9. The topological polar surface area (TPSA) is 97.9 Å². The van der Waals surface area contributed by atoms with Crippen molar-refractivity contribution in [1.82, 2.24) is 4.98 Å². The first kappa shape index (κ1) is 18.4. The lowest BCUT2D eigenvalue weighted by molar-refractivity contribution is 0.0686. The minimum absolute atomic E-state index is 0.120. The van der Waals surface area contributed by atoms with Crippen LogP contribution >= 0.6 is 0 Å². The van der Waals surface area contributed by atoms with Crippen molar-refractivity contribution in [2.75, 3.05) is 21.3 Å². The smallest absolute Gasteiger partial charge is 0.353 e. The van der Waals surface area contributed by atoms with Crippen molar-refractivity contribution in [3.8, 4) is 28.4 Å². The quantitative estimate of drug-likeness (QED) is 0.747. The summed E-state index contributed by atoms with van der Waals surface area (Å²) in [5.41, 5.74) is 1.69. The van der Waals surface area contributed by atoms with Crippen LogP contribution in [0.15, 0.2) is 12.1 Å². The number of hydrogen-bond donors (Lipinski definition) is 2. The van der Waals surface area contributed by atoms with E-state index in [0.29, 0.717) is 40.5 Å². The molecule has 7 nitrogen and oxygen atoms in total. The Bertz CT molecular complexity index is 821. The molecule has 0 aliphatic heterocycles. The van der Waals surface area contributed by atoms with Gasteiger partial charge in [-0.1, -0.05) is 6.92 Å². The fourth-order valence-corrected chi connectivity index (χ4v) is 2.92. The maximum absolute atomic E-state index is 12.2. The molecule has 0 bridgehead atoms. The number of Topliss-reactive ketones (excluding diaryl/α,β-unsaturated/α-hetero) is 1. The van der Waals surface area contributed by atoms with Crippen LogP contribution in [0.1, 0.15) is 40.4 Å². The number of methoxy groups -OCH3 is 3. The lowest BCUT2D eigenvalue weighted by Gasteiger charge is -2.16. The van der Waals surface area contributed by atoms with Crippen LogP contribution in [-0.2, 0) is 6.42 Å². The summed E-state index contributed by atoms with van der Waals surface area (Å²) >= 11 is 0. The maximum atomic E-state index is 12.2. The molecule has 0 fully saturated rings. The van der Waals surface area contributed by atoms with Crippen molar-refractivity contribution in [2.24, 2.45) is 0 Å². The number of aromatic amines is 1. The standard InChI is InChI=1S/C18H21NO6/c1-6-11-14(13(9(2)20)15(19-11)18(21)22)10-7-8-12(23-3)17(25-5)16(10)24-4/h7-8,19H,6H2,1-5H3,(H,21,22). The predicted octanol–water partition coefficient (Wildman–Crippen LogP) is 3.17. The Hall–Kier alpha value is -2.96. The molecular formula is C18H21NO6. The van der Waals surface area contributed by atoms with Crippen LogP contribution in [0.3, 0.4) is 0 Å². The number of rotatable bonds is 7. The van der Waals surface area contributed by atoms with E-state index in [1.54, 1.807) is 12.1 Å². The second-order valence-corrected chi connectivity index (χ2v) is 5.33. The van der Waals surface area contributed by atoms with Gasteiger partial charge in [0.05, 0.1) is 26.9 Å². The Morgan fingerprint density at radius 2 is 1.72 bits per heavy atom. The zero-order valence-corrected chi connectivity index (χ0v) is 14.9. The van der Waals surface area contributed by atoms with Gasteiger partial charge in [0.1, 0.15) is 5.69 Å². The van der Waals surface area contributed by atoms with Gasteiger partial charge in [-0.15, -0.1) is 0 Å². The van der Waals surface area contributed by atoms with Gasteiger partial charge < -0.3 is 24.3 Å². The number of H-pyrrole nitrogens is 1. The van der Waals surface area contributed by atoms with E-state index in [1.165, 1.54) is 28.3 Å². The molecule has 7 heteroatoms. The Kier molecular flexibility index (Phi) is 5.36. The van der Waals surface area contributed by atoms with Crippen LogP contribution in [0.4, 0.5) is 0 Å². The highest BCUT2D eigenvalue weighted by Crippen LogP contribution is 2.46. The number of aromatic carboxylic acids is 1. The number of hydrogen-bond acceptors (Lipinski definition) is 5. The van der Waals surface area contributed by atoms with Gasteiger partial charge in [0.25, 0.3) is 0 Å². The third kappa shape index (κ3) is 3.05. The molecule has 1 aromatic heterocycles. The van der Waals surface area contributed by atoms with Crippen LogP contribution in [0.25, 0.3) is 11.1 Å². The Morgan fingerprint density at radius 1 is 1.08 bits per heavy atom. The number of carbonyl (C=O) groups excluding carboxylic acids is 1. The number of aromatic nitrogens is 1. The molecule has 0 amide bonds. The highest BCUT2D eigenvalue weighted by Gasteiger charge is 2.28. The van der Waals surface area contributed by atoms with E-state index >= 15 is 0 Å². The average Bonchev–Trinajstić information content (AvgIpc) is 3.00. The fourth-order valence-electron chi connectivity index (χ4n) is 2.92. The van der Waals surface area contributed by atoms with Crippen LogP contribution < -0.4 is 14.2 Å². The highest BCUT2D eigenvalue weighted by atomic mass is 16.5. The number of ether oxygens (including phenoxy) is 3. The summed E-state index contributed by atoms with van der Waals surface area (Å²) in [7, 11) is 4.47. The normalized spacial score (nSPS) is 10.4. The summed E-state index contributed by atoms with van der Waals surface area (Å²) in [4.78, 5) is 26.6. The second kappa shape index (κ2) is 7.29. The molecule has 1 heterocycles. The largest absolute Gasteiger partial charge is 0.493 e. The molecule has 0 radical (unpaired) electrons. The Labute approximate surface area is 145 Å². The molecule has 25 heavy (non-hydrogen) atoms. The summed E-state index contributed by atoms with van der Waals surface area (Å²) in [5, 5.41) is 9.44. The van der Waals surface area contributed by atoms with Gasteiger partial charge in [0.15, 0.2) is 17.3 Å². The second-order valence-electron chi connectivity index (χ2n) is 5.33. The summed E-state index contributed by atoms with van der Waals surface area (Å²) in [6, 6.07) is 3.41. The van der Waals surface area contributed by atoms with Crippen molar-refractivity contribution in [3.05, 3.63) is 29.1 Å². The number of benzene rings is 1. The highest BCUT2D eigenvalue weighted by molar-refractivity contribution is 6.10. The molecule has 0 unspecified atom stereocenters. The van der Waals surface area contributed by atoms with Crippen molar-refractivity contribution in [1.29, 1.82) is 0 Å². The zero-order chi connectivity index (χ0) is 18.7. The zero-order valence-electron chi connectivity index (χ0n) is 14.9. The third-order valence-electron chi connectivity index (χ3n) is 3.97. The third-order valence-corrected chi connectivity index (χ3v) is 3.97. The molecule has 2 aromatic rings. The van der Waals surface area contributed by atoms with E-state index in [-0.39, 0.29) is 17.0 Å². The molecule has 0 atom stereocenters. The van der Waals surface area contributed by atoms with Gasteiger partial charge in [0, 0.05) is 16.8 Å². The van der Waals surface area contributed by atoms with Gasteiger partial charge >= 0.3 is 5.97 Å². The van der Waals surface area contributed by atoms with Crippen LogP contribution in [0.2, 0.25) is 0 Å². The van der Waals surface area contributed by atoms with Gasteiger partial charge in [-0.2, -0.15) is 0 Å². The average molecular weight is 347 g/mol. The summed E-state index contributed by atoms with van der Waals surface area (Å²) in [5.74, 6) is -0.322. The minimum atomic E-state index is -1.19. The molecule has 0 saturated carbocycles. The lowest BCUT2D eigenvalue weighted by Crippen LogP contribution is -2.05. The van der Waals surface area contributed by atoms with E-state index in [0.717, 1.165) is 0 Å². The lowest BCUT2D eigenvalue weighted by atomic mass is 9.95. The van der Waals surface area contributed by atoms with E-state index in [2.05, 4.69) is 4.98 Å². The molecule has 0 aliphatic carbocycles. The number of carboxylic acid groups (broad SMARTS) is 1. The molecule has 2 N–H and O–H groups in total. The number of carboxylic acids is 1. The summed E-state index contributed by atoms with van der Waals surface area (Å²) < 4.78 is 16.2. The van der Waals surface area contributed by atoms with Gasteiger partial charge in [-0.25, -0.2) is 4.79 Å². The van der Waals surface area contributed by atoms with Gasteiger partial charge in [0.2, 0.25) is 5.75 Å². The number of nitrogens with one attached hydrogen (secondary N) is 1. The molecule has 0 aliphatic rings. The van der Waals surface area contributed by atoms with Gasteiger partial charge in [-0.05, 0) is 25.5 Å². The number of aryl methyl sites for hydroxylation is 1. The first-order valence-electron chi connectivity index (χ1n) is 7.69. The summed E-state index contributed by atoms with van der Waals surface area (Å²) in [6.07, 6.45) is 0.514. The SMILES string of the molecule is CCc1[nH]c(C(=O)O)c(C(C)=O)c1-c1ccc(OC)c(OC)c1OC. The van der Waals surface area contributed by atoms with E-state index in [9.17, 15) is 14.7 Å². The number of ketones is 1.